The van der Waals surface area contributed by atoms with Gasteiger partial charge in [0.1, 0.15) is 11.5 Å². The Labute approximate surface area is 159 Å². The van der Waals surface area contributed by atoms with Crippen molar-refractivity contribution in [1.82, 2.24) is 15.2 Å². The minimum Gasteiger partial charge on any atom is -0.481 e. The zero-order chi connectivity index (χ0) is 18.8. The topological polar surface area (TPSA) is 63.7 Å². The number of nitrogens with one attached hydrogen (secondary N) is 1. The molecule has 1 aromatic heterocycles. The van der Waals surface area contributed by atoms with Crippen LogP contribution in [0.25, 0.3) is 0 Å². The molecule has 4 atom stereocenters. The lowest BCUT2D eigenvalue weighted by Crippen LogP contribution is -2.60. The van der Waals surface area contributed by atoms with Crippen molar-refractivity contribution in [3.8, 4) is 17.4 Å². The van der Waals surface area contributed by atoms with Gasteiger partial charge in [-0.1, -0.05) is 0 Å². The molecule has 1 aromatic carbocycles. The Morgan fingerprint density at radius 2 is 1.96 bits per heavy atom. The molecule has 3 aliphatic heterocycles. The maximum absolute atomic E-state index is 12.6. The van der Waals surface area contributed by atoms with E-state index in [9.17, 15) is 4.79 Å². The predicted molar refractivity (Wildman–Crippen MR) is 102 cm³/mol. The molecule has 27 heavy (non-hydrogen) atoms. The van der Waals surface area contributed by atoms with E-state index in [-0.39, 0.29) is 11.9 Å². The third-order valence-electron chi connectivity index (χ3n) is 5.64. The summed E-state index contributed by atoms with van der Waals surface area (Å²) in [5, 5.41) is 3.22. The summed E-state index contributed by atoms with van der Waals surface area (Å²) in [5.41, 5.74) is 0.653. The minimum atomic E-state index is -0.0148. The maximum Gasteiger partial charge on any atom is 0.251 e. The molecule has 1 amide bonds. The van der Waals surface area contributed by atoms with Crippen LogP contribution in [0.15, 0.2) is 42.6 Å². The fourth-order valence-electron chi connectivity index (χ4n) is 4.07. The number of carbonyl (C=O) groups excluding carboxylic acids is 1. The van der Waals surface area contributed by atoms with E-state index in [0.29, 0.717) is 34.9 Å². The summed E-state index contributed by atoms with van der Waals surface area (Å²) in [4.78, 5) is 19.2. The standard InChI is InChI=1S/C21H25N3O3/c1-14-11-16-9-10-24(14)13-19(16)23-21(25)15-3-5-17(6-4-15)27-18-7-8-20(26-2)22-12-18/h3-8,12,14,16,19H,9-11,13H2,1-2H3,(H,23,25). The van der Waals surface area contributed by atoms with E-state index in [4.69, 9.17) is 9.47 Å². The number of piperidine rings is 3. The molecule has 3 fully saturated rings. The van der Waals surface area contributed by atoms with Gasteiger partial charge in [-0.3, -0.25) is 9.69 Å². The van der Waals surface area contributed by atoms with Crippen LogP contribution in [-0.2, 0) is 0 Å². The van der Waals surface area contributed by atoms with E-state index in [0.717, 1.165) is 13.1 Å². The van der Waals surface area contributed by atoms with Crippen LogP contribution < -0.4 is 14.8 Å². The summed E-state index contributed by atoms with van der Waals surface area (Å²) in [6.07, 6.45) is 3.96. The number of carbonyl (C=O) groups is 1. The Balaban J connectivity index is 1.36. The van der Waals surface area contributed by atoms with Crippen molar-refractivity contribution < 1.29 is 14.3 Å². The van der Waals surface area contributed by atoms with Crippen molar-refractivity contribution in [2.24, 2.45) is 5.92 Å². The van der Waals surface area contributed by atoms with Crippen molar-refractivity contribution in [2.75, 3.05) is 20.2 Å². The number of aromatic nitrogens is 1. The smallest absolute Gasteiger partial charge is 0.251 e. The molecule has 4 unspecified atom stereocenters. The number of pyridine rings is 1. The first-order valence-electron chi connectivity index (χ1n) is 9.45. The highest BCUT2D eigenvalue weighted by Crippen LogP contribution is 2.32. The minimum absolute atomic E-state index is 0.0148. The Hall–Kier alpha value is -2.60. The van der Waals surface area contributed by atoms with Crippen molar-refractivity contribution in [3.63, 3.8) is 0 Å². The molecule has 2 bridgehead atoms. The van der Waals surface area contributed by atoms with Gasteiger partial charge in [0.05, 0.1) is 13.3 Å². The van der Waals surface area contributed by atoms with Gasteiger partial charge in [-0.05, 0) is 62.6 Å². The zero-order valence-electron chi connectivity index (χ0n) is 15.7. The summed E-state index contributed by atoms with van der Waals surface area (Å²) in [7, 11) is 1.57. The highest BCUT2D eigenvalue weighted by atomic mass is 16.5. The van der Waals surface area contributed by atoms with Crippen LogP contribution in [-0.4, -0.2) is 48.1 Å². The van der Waals surface area contributed by atoms with Crippen molar-refractivity contribution >= 4 is 5.91 Å². The second kappa shape index (κ2) is 7.56. The Morgan fingerprint density at radius 1 is 1.19 bits per heavy atom. The van der Waals surface area contributed by atoms with Crippen LogP contribution in [0.2, 0.25) is 0 Å². The molecule has 1 N–H and O–H groups in total. The van der Waals surface area contributed by atoms with Crippen LogP contribution in [0.1, 0.15) is 30.1 Å². The van der Waals surface area contributed by atoms with Crippen LogP contribution in [0.3, 0.4) is 0 Å². The summed E-state index contributed by atoms with van der Waals surface area (Å²) >= 11 is 0. The summed E-state index contributed by atoms with van der Waals surface area (Å²) < 4.78 is 10.8. The molecule has 0 aliphatic carbocycles. The number of fused-ring (bicyclic) bond motifs is 3. The average molecular weight is 367 g/mol. The molecule has 142 valence electrons. The van der Waals surface area contributed by atoms with Gasteiger partial charge in [0, 0.05) is 30.3 Å². The largest absolute Gasteiger partial charge is 0.481 e. The van der Waals surface area contributed by atoms with Crippen molar-refractivity contribution in [1.29, 1.82) is 0 Å². The number of methoxy groups -OCH3 is 1. The van der Waals surface area contributed by atoms with Gasteiger partial charge in [-0.25, -0.2) is 4.98 Å². The Morgan fingerprint density at radius 3 is 2.56 bits per heavy atom. The first kappa shape index (κ1) is 17.8. The number of hydrogen-bond acceptors (Lipinski definition) is 5. The number of benzene rings is 1. The third-order valence-corrected chi connectivity index (χ3v) is 5.64. The van der Waals surface area contributed by atoms with E-state index in [1.165, 1.54) is 12.8 Å². The number of hydrogen-bond donors (Lipinski definition) is 1. The predicted octanol–water partition coefficient (Wildman–Crippen LogP) is 3.10. The molecule has 6 nitrogen and oxygen atoms in total. The SMILES string of the molecule is COc1ccc(Oc2ccc(C(=O)NC3CN4CCC3CC4C)cc2)cn1. The van der Waals surface area contributed by atoms with Crippen molar-refractivity contribution in [3.05, 3.63) is 48.2 Å². The molecule has 4 heterocycles. The quantitative estimate of drug-likeness (QED) is 0.880. The van der Waals surface area contributed by atoms with Crippen LogP contribution in [0.4, 0.5) is 0 Å². The van der Waals surface area contributed by atoms with Gasteiger partial charge < -0.3 is 14.8 Å². The lowest BCUT2D eigenvalue weighted by Gasteiger charge is -2.48. The molecule has 6 heteroatoms. The number of ether oxygens (including phenoxy) is 2. The highest BCUT2D eigenvalue weighted by molar-refractivity contribution is 5.94. The van der Waals surface area contributed by atoms with E-state index in [1.54, 1.807) is 49.7 Å². The van der Waals surface area contributed by atoms with E-state index in [2.05, 4.69) is 22.1 Å². The molecule has 5 rings (SSSR count). The van der Waals surface area contributed by atoms with Gasteiger partial charge in [0.25, 0.3) is 5.91 Å². The van der Waals surface area contributed by atoms with Gasteiger partial charge in [0.15, 0.2) is 0 Å². The molecule has 0 spiro atoms. The molecule has 3 saturated heterocycles. The lowest BCUT2D eigenvalue weighted by molar-refractivity contribution is 0.0274. The molecular weight excluding hydrogens is 342 g/mol. The lowest BCUT2D eigenvalue weighted by atomic mass is 9.80. The number of amides is 1. The number of nitrogens with zero attached hydrogens (tertiary/aromatic N) is 2. The van der Waals surface area contributed by atoms with Crippen LogP contribution in [0, 0.1) is 5.92 Å². The van der Waals surface area contributed by atoms with Crippen LogP contribution in [0.5, 0.6) is 17.4 Å². The van der Waals surface area contributed by atoms with E-state index >= 15 is 0 Å². The maximum atomic E-state index is 12.6. The first-order chi connectivity index (χ1) is 13.1. The second-order valence-electron chi connectivity index (χ2n) is 7.37. The summed E-state index contributed by atoms with van der Waals surface area (Å²) in [5.74, 6) is 2.40. The fraction of sp³-hybridized carbons (Fsp3) is 0.429. The molecule has 0 radical (unpaired) electrons. The molecule has 3 aliphatic rings. The van der Waals surface area contributed by atoms with Gasteiger partial charge >= 0.3 is 0 Å². The van der Waals surface area contributed by atoms with Gasteiger partial charge in [-0.15, -0.1) is 0 Å². The van der Waals surface area contributed by atoms with Gasteiger partial charge in [0.2, 0.25) is 5.88 Å². The van der Waals surface area contributed by atoms with Crippen LogP contribution >= 0.6 is 0 Å². The fourth-order valence-corrected chi connectivity index (χ4v) is 4.07. The normalized spacial score (nSPS) is 26.4. The van der Waals surface area contributed by atoms with E-state index < -0.39 is 0 Å². The third kappa shape index (κ3) is 3.90. The Bertz CT molecular complexity index is 791. The molecule has 0 saturated carbocycles. The molecular formula is C21H25N3O3. The average Bonchev–Trinajstić information content (AvgIpc) is 2.70. The van der Waals surface area contributed by atoms with E-state index in [1.807, 2.05) is 0 Å². The number of rotatable bonds is 5. The second-order valence-corrected chi connectivity index (χ2v) is 7.37. The van der Waals surface area contributed by atoms with Gasteiger partial charge in [-0.2, -0.15) is 0 Å². The zero-order valence-corrected chi connectivity index (χ0v) is 15.7. The summed E-state index contributed by atoms with van der Waals surface area (Å²) in [6.45, 7) is 4.40. The molecule has 2 aromatic rings. The summed E-state index contributed by atoms with van der Waals surface area (Å²) in [6, 6.07) is 11.6. The Kier molecular flexibility index (Phi) is 4.99. The highest BCUT2D eigenvalue weighted by Gasteiger charge is 2.38. The first-order valence-corrected chi connectivity index (χ1v) is 9.45. The van der Waals surface area contributed by atoms with Crippen molar-refractivity contribution in [2.45, 2.75) is 31.8 Å². The monoisotopic (exact) mass is 367 g/mol.